The molecule has 1 amide bonds. The molecular formula is C25H29N3O2. The second-order valence-corrected chi connectivity index (χ2v) is 8.47. The van der Waals surface area contributed by atoms with Crippen molar-refractivity contribution in [1.29, 1.82) is 0 Å². The summed E-state index contributed by atoms with van der Waals surface area (Å²) in [6.07, 6.45) is 8.36. The molecule has 2 atom stereocenters. The Morgan fingerprint density at radius 3 is 2.70 bits per heavy atom. The average molecular weight is 404 g/mol. The second kappa shape index (κ2) is 7.98. The van der Waals surface area contributed by atoms with Crippen LogP contribution < -0.4 is 5.32 Å². The summed E-state index contributed by atoms with van der Waals surface area (Å²) in [5.74, 6) is 0.829. The van der Waals surface area contributed by atoms with Gasteiger partial charge in [0.15, 0.2) is 0 Å². The van der Waals surface area contributed by atoms with Crippen molar-refractivity contribution in [2.75, 3.05) is 12.4 Å². The number of allylic oxidation sites excluding steroid dienone is 1. The van der Waals surface area contributed by atoms with Crippen LogP contribution in [0.15, 0.2) is 55.3 Å². The molecule has 30 heavy (non-hydrogen) atoms. The number of hydrogen-bond acceptors (Lipinski definition) is 4. The minimum atomic E-state index is -0.561. The normalized spacial score (nSPS) is 23.0. The highest BCUT2D eigenvalue weighted by Gasteiger charge is 2.50. The molecule has 0 saturated carbocycles. The number of amides is 1. The molecule has 156 valence electrons. The van der Waals surface area contributed by atoms with Crippen molar-refractivity contribution in [3.63, 3.8) is 0 Å². The van der Waals surface area contributed by atoms with Gasteiger partial charge >= 0.3 is 6.09 Å². The highest BCUT2D eigenvalue weighted by atomic mass is 16.6. The van der Waals surface area contributed by atoms with Crippen LogP contribution in [-0.4, -0.2) is 34.7 Å². The molecule has 5 nitrogen and oxygen atoms in total. The quantitative estimate of drug-likeness (QED) is 0.698. The first-order valence-corrected chi connectivity index (χ1v) is 10.5. The van der Waals surface area contributed by atoms with Gasteiger partial charge in [0.05, 0.1) is 6.04 Å². The van der Waals surface area contributed by atoms with Crippen LogP contribution in [-0.2, 0) is 4.74 Å². The van der Waals surface area contributed by atoms with E-state index in [-0.39, 0.29) is 18.2 Å². The molecule has 1 aromatic heterocycles. The lowest BCUT2D eigenvalue weighted by atomic mass is 9.86. The fraction of sp³-hybridized carbons (Fsp3) is 0.360. The van der Waals surface area contributed by atoms with Gasteiger partial charge in [0.1, 0.15) is 11.4 Å². The number of rotatable bonds is 5. The minimum absolute atomic E-state index is 0.0879. The van der Waals surface area contributed by atoms with Gasteiger partial charge in [0.25, 0.3) is 0 Å². The molecule has 4 rings (SSSR count). The first-order valence-electron chi connectivity index (χ1n) is 10.5. The maximum Gasteiger partial charge on any atom is 0.411 e. The van der Waals surface area contributed by atoms with Crippen molar-refractivity contribution in [2.45, 2.75) is 50.8 Å². The molecule has 2 heterocycles. The van der Waals surface area contributed by atoms with Gasteiger partial charge < -0.3 is 10.1 Å². The number of pyridine rings is 1. The molecule has 5 heteroatoms. The minimum Gasteiger partial charge on any atom is -0.441 e. The predicted molar refractivity (Wildman–Crippen MR) is 121 cm³/mol. The van der Waals surface area contributed by atoms with Crippen LogP contribution in [0.4, 0.5) is 10.6 Å². The third kappa shape index (κ3) is 3.60. The van der Waals surface area contributed by atoms with E-state index in [0.717, 1.165) is 41.8 Å². The summed E-state index contributed by atoms with van der Waals surface area (Å²) in [4.78, 5) is 19.3. The number of carbonyl (C=O) groups is 1. The molecule has 0 radical (unpaired) electrons. The highest BCUT2D eigenvalue weighted by Crippen LogP contribution is 2.44. The van der Waals surface area contributed by atoms with Gasteiger partial charge in [-0.05, 0) is 55.9 Å². The fourth-order valence-electron chi connectivity index (χ4n) is 4.69. The molecular weight excluding hydrogens is 374 g/mol. The zero-order valence-electron chi connectivity index (χ0n) is 17.9. The van der Waals surface area contributed by atoms with E-state index in [1.165, 1.54) is 5.57 Å². The van der Waals surface area contributed by atoms with Gasteiger partial charge in [0, 0.05) is 24.8 Å². The van der Waals surface area contributed by atoms with Crippen molar-refractivity contribution in [1.82, 2.24) is 9.88 Å². The number of aromatic nitrogens is 1. The molecule has 0 bridgehead atoms. The molecule has 1 aliphatic heterocycles. The second-order valence-electron chi connectivity index (χ2n) is 8.47. The van der Waals surface area contributed by atoms with Crippen molar-refractivity contribution < 1.29 is 9.53 Å². The molecule has 1 aromatic carbocycles. The maximum absolute atomic E-state index is 12.8. The van der Waals surface area contributed by atoms with E-state index in [1.807, 2.05) is 56.3 Å². The Balaban J connectivity index is 1.59. The van der Waals surface area contributed by atoms with Crippen LogP contribution in [0.25, 0.3) is 11.6 Å². The monoisotopic (exact) mass is 403 g/mol. The van der Waals surface area contributed by atoms with Crippen LogP contribution in [0.2, 0.25) is 0 Å². The number of anilines is 1. The largest absolute Gasteiger partial charge is 0.441 e. The van der Waals surface area contributed by atoms with Crippen LogP contribution >= 0.6 is 0 Å². The zero-order chi connectivity index (χ0) is 21.3. The van der Waals surface area contributed by atoms with E-state index in [0.29, 0.717) is 0 Å². The maximum atomic E-state index is 12.8. The van der Waals surface area contributed by atoms with E-state index >= 15 is 0 Å². The summed E-state index contributed by atoms with van der Waals surface area (Å²) in [7, 11) is 1.86. The van der Waals surface area contributed by atoms with Gasteiger partial charge in [-0.25, -0.2) is 9.78 Å². The number of nitrogens with zero attached hydrogens (tertiary/aromatic N) is 2. The molecule has 1 aliphatic carbocycles. The van der Waals surface area contributed by atoms with Crippen molar-refractivity contribution in [3.8, 4) is 0 Å². The lowest BCUT2D eigenvalue weighted by Gasteiger charge is -2.36. The Bertz CT molecular complexity index is 981. The van der Waals surface area contributed by atoms with E-state index < -0.39 is 5.60 Å². The Morgan fingerprint density at radius 1 is 1.30 bits per heavy atom. The zero-order valence-corrected chi connectivity index (χ0v) is 17.9. The Labute approximate surface area is 178 Å². The molecule has 1 saturated heterocycles. The van der Waals surface area contributed by atoms with Crippen LogP contribution in [0.1, 0.15) is 55.8 Å². The highest BCUT2D eigenvalue weighted by molar-refractivity contribution is 5.74. The average Bonchev–Trinajstić information content (AvgIpc) is 3.02. The smallest absolute Gasteiger partial charge is 0.411 e. The van der Waals surface area contributed by atoms with Crippen molar-refractivity contribution in [3.05, 3.63) is 71.9 Å². The number of ether oxygens (including phenoxy) is 1. The topological polar surface area (TPSA) is 54.5 Å². The van der Waals surface area contributed by atoms with Crippen molar-refractivity contribution >= 4 is 23.6 Å². The van der Waals surface area contributed by atoms with Gasteiger partial charge in [-0.1, -0.05) is 49.1 Å². The van der Waals surface area contributed by atoms with Crippen LogP contribution in [0.5, 0.6) is 0 Å². The Morgan fingerprint density at radius 2 is 2.07 bits per heavy atom. The van der Waals surface area contributed by atoms with Gasteiger partial charge in [-0.3, -0.25) is 4.90 Å². The molecule has 1 N–H and O–H groups in total. The van der Waals surface area contributed by atoms with Crippen LogP contribution in [0.3, 0.4) is 0 Å². The van der Waals surface area contributed by atoms with Gasteiger partial charge in [-0.2, -0.15) is 0 Å². The first kappa shape index (κ1) is 20.2. The standard InChI is InChI=1S/C25H29N3O2/c1-5-17-15-20(16-27-23(17)26-4)18-11-13-21(14-12-18)28-22(19-9-7-6-8-10-19)25(2,3)30-24(28)29/h5-11,15-16,21-22H,1,12-14H2,2-4H3,(H,26,27). The lowest BCUT2D eigenvalue weighted by molar-refractivity contribution is 0.0668. The van der Waals surface area contributed by atoms with Crippen molar-refractivity contribution in [2.24, 2.45) is 0 Å². The molecule has 1 fully saturated rings. The molecule has 2 aliphatic rings. The summed E-state index contributed by atoms with van der Waals surface area (Å²) < 4.78 is 5.79. The van der Waals surface area contributed by atoms with Gasteiger partial charge in [0.2, 0.25) is 0 Å². The summed E-state index contributed by atoms with van der Waals surface area (Å²) in [6, 6.07) is 12.4. The number of cyclic esters (lactones) is 1. The number of benzene rings is 1. The Kier molecular flexibility index (Phi) is 5.37. The van der Waals surface area contributed by atoms with E-state index in [2.05, 4.69) is 41.2 Å². The van der Waals surface area contributed by atoms with E-state index in [1.54, 1.807) is 0 Å². The fourth-order valence-corrected chi connectivity index (χ4v) is 4.69. The third-order valence-corrected chi connectivity index (χ3v) is 6.13. The number of carbonyl (C=O) groups excluding carboxylic acids is 1. The molecule has 2 unspecified atom stereocenters. The molecule has 2 aromatic rings. The molecule has 0 spiro atoms. The Hall–Kier alpha value is -3.08. The summed E-state index contributed by atoms with van der Waals surface area (Å²) in [6.45, 7) is 7.89. The SMILES string of the molecule is C=Cc1cc(C2=CCC(N3C(=O)OC(C)(C)C3c3ccccc3)CC2)cnc1NC. The predicted octanol–water partition coefficient (Wildman–Crippen LogP) is 5.67. The lowest BCUT2D eigenvalue weighted by Crippen LogP contribution is -2.41. The van der Waals surface area contributed by atoms with E-state index in [9.17, 15) is 4.79 Å². The van der Waals surface area contributed by atoms with E-state index in [4.69, 9.17) is 4.74 Å². The summed E-state index contributed by atoms with van der Waals surface area (Å²) >= 11 is 0. The number of nitrogens with one attached hydrogen (secondary N) is 1. The number of hydrogen-bond donors (Lipinski definition) is 1. The first-order chi connectivity index (χ1) is 14.4. The van der Waals surface area contributed by atoms with Gasteiger partial charge in [-0.15, -0.1) is 0 Å². The summed E-state index contributed by atoms with van der Waals surface area (Å²) in [5, 5.41) is 3.09. The third-order valence-electron chi connectivity index (χ3n) is 6.13. The summed E-state index contributed by atoms with van der Waals surface area (Å²) in [5.41, 5.74) is 3.94. The van der Waals surface area contributed by atoms with Crippen LogP contribution in [0, 0.1) is 0 Å².